The van der Waals surface area contributed by atoms with Gasteiger partial charge in [0.1, 0.15) is 0 Å². The summed E-state index contributed by atoms with van der Waals surface area (Å²) in [7, 11) is 0. The summed E-state index contributed by atoms with van der Waals surface area (Å²) in [6.45, 7) is 3.40. The molecule has 0 fully saturated rings. The van der Waals surface area contributed by atoms with Crippen molar-refractivity contribution in [2.45, 2.75) is 19.9 Å². The quantitative estimate of drug-likeness (QED) is 0.781. The van der Waals surface area contributed by atoms with Crippen LogP contribution in [-0.2, 0) is 6.54 Å². The lowest BCUT2D eigenvalue weighted by atomic mass is 10.1. The van der Waals surface area contributed by atoms with Crippen LogP contribution in [0, 0.1) is 0 Å². The van der Waals surface area contributed by atoms with Crippen molar-refractivity contribution >= 4 is 16.8 Å². The van der Waals surface area contributed by atoms with Crippen LogP contribution >= 0.6 is 0 Å². The zero-order valence-electron chi connectivity index (χ0n) is 12.6. The van der Waals surface area contributed by atoms with Crippen molar-refractivity contribution in [2.24, 2.45) is 0 Å². The van der Waals surface area contributed by atoms with Crippen LogP contribution in [0.25, 0.3) is 10.9 Å². The van der Waals surface area contributed by atoms with Crippen LogP contribution in [0.1, 0.15) is 29.4 Å². The fourth-order valence-corrected chi connectivity index (χ4v) is 2.60. The minimum atomic E-state index is -0.0249. The van der Waals surface area contributed by atoms with E-state index in [1.807, 2.05) is 59.5 Å². The second kappa shape index (κ2) is 6.43. The lowest BCUT2D eigenvalue weighted by molar-refractivity contribution is 0.0739. The Balaban J connectivity index is 1.89. The topological polar surface area (TPSA) is 49.0 Å². The predicted molar refractivity (Wildman–Crippen MR) is 87.6 cm³/mol. The molecule has 3 rings (SSSR count). The van der Waals surface area contributed by atoms with Crippen LogP contribution in [0.15, 0.2) is 54.6 Å². The number of carbonyl (C=O) groups is 1. The van der Waals surface area contributed by atoms with E-state index >= 15 is 0 Å². The predicted octanol–water partition coefficient (Wildman–Crippen LogP) is 3.62. The Labute approximate surface area is 129 Å². The lowest BCUT2D eigenvalue weighted by Crippen LogP contribution is -2.31. The average Bonchev–Trinajstić information content (AvgIpc) is 2.99. The molecule has 0 radical (unpaired) electrons. The minimum Gasteiger partial charge on any atom is -0.333 e. The third-order valence-electron chi connectivity index (χ3n) is 3.67. The highest BCUT2D eigenvalue weighted by Crippen LogP contribution is 2.18. The highest BCUT2D eigenvalue weighted by molar-refractivity contribution is 6.04. The minimum absolute atomic E-state index is 0.0249. The van der Waals surface area contributed by atoms with E-state index in [9.17, 15) is 4.79 Å². The second-order valence-corrected chi connectivity index (χ2v) is 5.33. The molecule has 22 heavy (non-hydrogen) atoms. The zero-order valence-corrected chi connectivity index (χ0v) is 12.6. The summed E-state index contributed by atoms with van der Waals surface area (Å²) >= 11 is 0. The highest BCUT2D eigenvalue weighted by Gasteiger charge is 2.20. The van der Waals surface area contributed by atoms with Gasteiger partial charge >= 0.3 is 0 Å². The molecule has 0 aliphatic carbocycles. The number of para-hydroxylation sites is 1. The molecule has 0 bridgehead atoms. The number of aromatic amines is 1. The van der Waals surface area contributed by atoms with Crippen molar-refractivity contribution in [3.63, 3.8) is 0 Å². The normalized spacial score (nSPS) is 10.8. The van der Waals surface area contributed by atoms with Gasteiger partial charge in [0.05, 0.1) is 5.52 Å². The number of benzene rings is 2. The fraction of sp³-hybridized carbons (Fsp3) is 0.222. The van der Waals surface area contributed by atoms with Crippen molar-refractivity contribution in [1.82, 2.24) is 15.1 Å². The summed E-state index contributed by atoms with van der Waals surface area (Å²) in [5.41, 5.74) is 2.52. The van der Waals surface area contributed by atoms with Gasteiger partial charge in [0, 0.05) is 18.5 Å². The number of aromatic nitrogens is 2. The van der Waals surface area contributed by atoms with Crippen LogP contribution in [0.5, 0.6) is 0 Å². The van der Waals surface area contributed by atoms with E-state index in [4.69, 9.17) is 0 Å². The summed E-state index contributed by atoms with van der Waals surface area (Å²) in [5, 5.41) is 8.03. The number of nitrogens with one attached hydrogen (secondary N) is 1. The number of hydrogen-bond acceptors (Lipinski definition) is 2. The molecular formula is C18H19N3O. The first-order valence-corrected chi connectivity index (χ1v) is 7.56. The number of amides is 1. The Morgan fingerprint density at radius 1 is 1.09 bits per heavy atom. The van der Waals surface area contributed by atoms with Gasteiger partial charge in [-0.15, -0.1) is 0 Å². The van der Waals surface area contributed by atoms with Crippen molar-refractivity contribution in [1.29, 1.82) is 0 Å². The first-order valence-electron chi connectivity index (χ1n) is 7.56. The van der Waals surface area contributed by atoms with E-state index in [0.717, 1.165) is 29.4 Å². The third-order valence-corrected chi connectivity index (χ3v) is 3.67. The maximum atomic E-state index is 12.9. The largest absolute Gasteiger partial charge is 0.333 e. The van der Waals surface area contributed by atoms with Crippen LogP contribution in [0.2, 0.25) is 0 Å². The molecule has 0 spiro atoms. The van der Waals surface area contributed by atoms with Gasteiger partial charge in [-0.3, -0.25) is 9.89 Å². The standard InChI is InChI=1S/C18H19N3O/c1-2-12-21(13-14-8-4-3-5-9-14)18(22)17-15-10-6-7-11-16(15)19-20-17/h3-11H,2,12-13H2,1H3,(H,19,20). The third kappa shape index (κ3) is 2.86. The van der Waals surface area contributed by atoms with Crippen molar-refractivity contribution in [3.05, 3.63) is 65.9 Å². The SMILES string of the molecule is CCCN(Cc1ccccc1)C(=O)c1n[nH]c2ccccc12. The van der Waals surface area contributed by atoms with E-state index < -0.39 is 0 Å². The smallest absolute Gasteiger partial charge is 0.275 e. The van der Waals surface area contributed by atoms with Crippen molar-refractivity contribution < 1.29 is 4.79 Å². The Kier molecular flexibility index (Phi) is 4.19. The van der Waals surface area contributed by atoms with Gasteiger partial charge in [-0.2, -0.15) is 5.10 Å². The molecule has 1 heterocycles. The Morgan fingerprint density at radius 2 is 1.82 bits per heavy atom. The van der Waals surface area contributed by atoms with Gasteiger partial charge in [0.15, 0.2) is 5.69 Å². The molecule has 0 aliphatic rings. The zero-order chi connectivity index (χ0) is 15.4. The Bertz CT molecular complexity index is 764. The number of fused-ring (bicyclic) bond motifs is 1. The first kappa shape index (κ1) is 14.3. The molecule has 0 aliphatic heterocycles. The molecule has 0 saturated carbocycles. The van der Waals surface area contributed by atoms with Gasteiger partial charge in [0.25, 0.3) is 5.91 Å². The lowest BCUT2D eigenvalue weighted by Gasteiger charge is -2.21. The maximum absolute atomic E-state index is 12.9. The number of hydrogen-bond donors (Lipinski definition) is 1. The summed E-state index contributed by atoms with van der Waals surface area (Å²) < 4.78 is 0. The van der Waals surface area contributed by atoms with Gasteiger partial charge in [0.2, 0.25) is 0 Å². The van der Waals surface area contributed by atoms with Gasteiger partial charge < -0.3 is 4.90 Å². The molecule has 0 atom stereocenters. The molecular weight excluding hydrogens is 274 g/mol. The second-order valence-electron chi connectivity index (χ2n) is 5.33. The summed E-state index contributed by atoms with van der Waals surface area (Å²) in [6.07, 6.45) is 0.918. The van der Waals surface area contributed by atoms with E-state index in [-0.39, 0.29) is 5.91 Å². The number of nitrogens with zero attached hydrogens (tertiary/aromatic N) is 2. The Hall–Kier alpha value is -2.62. The molecule has 2 aromatic carbocycles. The summed E-state index contributed by atoms with van der Waals surface area (Å²) in [4.78, 5) is 14.7. The number of carbonyl (C=O) groups excluding carboxylic acids is 1. The highest BCUT2D eigenvalue weighted by atomic mass is 16.2. The molecule has 1 N–H and O–H groups in total. The summed E-state index contributed by atoms with van der Waals surface area (Å²) in [6, 6.07) is 17.8. The van der Waals surface area contributed by atoms with E-state index in [2.05, 4.69) is 17.1 Å². The van der Waals surface area contributed by atoms with Gasteiger partial charge in [-0.25, -0.2) is 0 Å². The fourth-order valence-electron chi connectivity index (χ4n) is 2.60. The number of H-pyrrole nitrogens is 1. The molecule has 3 aromatic rings. The van der Waals surface area contributed by atoms with E-state index in [1.165, 1.54) is 0 Å². The number of rotatable bonds is 5. The molecule has 4 nitrogen and oxygen atoms in total. The molecule has 1 aromatic heterocycles. The van der Waals surface area contributed by atoms with E-state index in [0.29, 0.717) is 12.2 Å². The van der Waals surface area contributed by atoms with Crippen molar-refractivity contribution in [2.75, 3.05) is 6.54 Å². The summed E-state index contributed by atoms with van der Waals surface area (Å²) in [5.74, 6) is -0.0249. The monoisotopic (exact) mass is 293 g/mol. The van der Waals surface area contributed by atoms with Crippen LogP contribution < -0.4 is 0 Å². The van der Waals surface area contributed by atoms with Gasteiger partial charge in [-0.1, -0.05) is 55.5 Å². The molecule has 112 valence electrons. The van der Waals surface area contributed by atoms with E-state index in [1.54, 1.807) is 0 Å². The molecule has 0 saturated heterocycles. The maximum Gasteiger partial charge on any atom is 0.275 e. The molecule has 0 unspecified atom stereocenters. The van der Waals surface area contributed by atoms with Crippen LogP contribution in [0.4, 0.5) is 0 Å². The molecule has 4 heteroatoms. The van der Waals surface area contributed by atoms with Crippen molar-refractivity contribution in [3.8, 4) is 0 Å². The average molecular weight is 293 g/mol. The first-order chi connectivity index (χ1) is 10.8. The Morgan fingerprint density at radius 3 is 2.59 bits per heavy atom. The van der Waals surface area contributed by atoms with Crippen LogP contribution in [-0.4, -0.2) is 27.5 Å². The van der Waals surface area contributed by atoms with Gasteiger partial charge in [-0.05, 0) is 18.1 Å². The molecule has 1 amide bonds. The van der Waals surface area contributed by atoms with Crippen LogP contribution in [0.3, 0.4) is 0 Å².